The van der Waals surface area contributed by atoms with Crippen LogP contribution in [0.1, 0.15) is 0 Å². The average molecular weight is 387 g/mol. The molecule has 0 amide bonds. The predicted molar refractivity (Wildman–Crippen MR) is 65.0 cm³/mol. The van der Waals surface area contributed by atoms with Gasteiger partial charge in [0, 0.05) is 16.5 Å². The van der Waals surface area contributed by atoms with E-state index in [1.165, 1.54) is 0 Å². The van der Waals surface area contributed by atoms with Gasteiger partial charge in [-0.25, -0.2) is 0 Å². The van der Waals surface area contributed by atoms with Crippen molar-refractivity contribution in [1.29, 1.82) is 5.39 Å². The first kappa shape index (κ1) is 20.9. The molecule has 0 fully saturated rings. The fourth-order valence-electron chi connectivity index (χ4n) is 0.846. The summed E-state index contributed by atoms with van der Waals surface area (Å²) >= 11 is 2.90. The molecule has 1 rings (SSSR count). The fraction of sp³-hybridized carbons (Fsp3) is 0. The molecular formula is C6H5BrN5O8S-. The lowest BCUT2D eigenvalue weighted by Crippen LogP contribution is -2.11. The van der Waals surface area contributed by atoms with Gasteiger partial charge in [0.05, 0.1) is 25.8 Å². The number of nitro groups is 2. The maximum absolute atomic E-state index is 10.4. The zero-order valence-corrected chi connectivity index (χ0v) is 12.0. The van der Waals surface area contributed by atoms with Gasteiger partial charge in [0.15, 0.2) is 0 Å². The van der Waals surface area contributed by atoms with Crippen molar-refractivity contribution >= 4 is 43.4 Å². The molecule has 0 unspecified atom stereocenters. The van der Waals surface area contributed by atoms with E-state index in [4.69, 9.17) is 34.0 Å². The molecule has 0 aliphatic rings. The highest BCUT2D eigenvalue weighted by Gasteiger charge is 2.20. The van der Waals surface area contributed by atoms with Gasteiger partial charge in [-0.05, 0) is 15.9 Å². The summed E-state index contributed by atoms with van der Waals surface area (Å²) in [7, 11) is -5.17. The number of benzene rings is 1. The van der Waals surface area contributed by atoms with E-state index in [-0.39, 0.29) is 15.8 Å². The normalized spacial score (nSPS) is 9.38. The van der Waals surface area contributed by atoms with Gasteiger partial charge in [0.2, 0.25) is 5.39 Å². The van der Waals surface area contributed by atoms with Gasteiger partial charge in [0.25, 0.3) is 11.4 Å². The lowest BCUT2D eigenvalue weighted by atomic mass is 10.2. The molecule has 0 aliphatic carbocycles. The second-order valence-corrected chi connectivity index (χ2v) is 4.45. The lowest BCUT2D eigenvalue weighted by molar-refractivity contribution is -0.393. The number of hydrogen-bond acceptors (Lipinski definition) is 10. The van der Waals surface area contributed by atoms with Crippen LogP contribution in [0.3, 0.4) is 0 Å². The summed E-state index contributed by atoms with van der Waals surface area (Å²) in [5, 5.41) is 31.8. The Kier molecular flexibility index (Phi) is 8.66. The van der Waals surface area contributed by atoms with Crippen molar-refractivity contribution in [3.05, 3.63) is 36.8 Å². The Bertz CT molecular complexity index is 651. The van der Waals surface area contributed by atoms with Crippen molar-refractivity contribution in [2.24, 2.45) is 0 Å². The van der Waals surface area contributed by atoms with E-state index >= 15 is 0 Å². The van der Waals surface area contributed by atoms with Crippen molar-refractivity contribution in [3.8, 4) is 0 Å². The number of nitrogens with zero attached hydrogens (tertiary/aromatic N) is 3. The Hall–Kier alpha value is -2.41. The molecule has 0 atom stereocenters. The summed E-state index contributed by atoms with van der Waals surface area (Å²) in [5.74, 6) is 0. The molecule has 3 N–H and O–H groups in total. The standard InChI is InChI=1S/C6H4BrN3O4.N2.H2O4S/c7-4-1-3(9(11)12)2-5(6(4)8)10(13)14;1-2;1-5(2,3)4/h1-2H,8H2;;(H2,1,2,3,4)/p-1. The molecule has 0 aromatic heterocycles. The van der Waals surface area contributed by atoms with Crippen molar-refractivity contribution < 1.29 is 32.8 Å². The summed E-state index contributed by atoms with van der Waals surface area (Å²) in [6.07, 6.45) is 0. The Morgan fingerprint density at radius 1 is 1.14 bits per heavy atom. The molecule has 0 bridgehead atoms. The number of nitrogens with two attached hydrogens (primary N) is 1. The number of non-ortho nitro benzene ring substituents is 1. The average Bonchev–Trinajstić information content (AvgIpc) is 2.32. The first-order valence-electron chi connectivity index (χ1n) is 4.20. The molecule has 1 aromatic carbocycles. The molecule has 0 radical (unpaired) electrons. The quantitative estimate of drug-likeness (QED) is 0.153. The van der Waals surface area contributed by atoms with Crippen LogP contribution in [0.5, 0.6) is 0 Å². The number of diazo groups is 1. The summed E-state index contributed by atoms with van der Waals surface area (Å²) in [4.78, 5) is 19.3. The molecule has 21 heavy (non-hydrogen) atoms. The minimum Gasteiger partial charge on any atom is -0.759 e. The third-order valence-electron chi connectivity index (χ3n) is 1.50. The van der Waals surface area contributed by atoms with E-state index in [1.807, 2.05) is 0 Å². The molecule has 0 saturated heterocycles. The minimum atomic E-state index is -5.17. The molecule has 13 nitrogen and oxygen atoms in total. The van der Waals surface area contributed by atoms with E-state index < -0.39 is 25.9 Å². The van der Waals surface area contributed by atoms with Gasteiger partial charge in [0.1, 0.15) is 5.69 Å². The number of nitro benzene ring substituents is 2. The van der Waals surface area contributed by atoms with Gasteiger partial charge in [-0.2, -0.15) is 0 Å². The van der Waals surface area contributed by atoms with E-state index in [1.54, 1.807) is 0 Å². The number of rotatable bonds is 2. The van der Waals surface area contributed by atoms with Gasteiger partial charge in [-0.3, -0.25) is 28.6 Å². The predicted octanol–water partition coefficient (Wildman–Crippen LogP) is -1.21. The van der Waals surface area contributed by atoms with Crippen LogP contribution in [-0.4, -0.2) is 27.4 Å². The highest BCUT2D eigenvalue weighted by atomic mass is 79.9. The Balaban J connectivity index is 0. The van der Waals surface area contributed by atoms with E-state index in [2.05, 4.69) is 15.9 Å². The van der Waals surface area contributed by atoms with Crippen LogP contribution in [0.15, 0.2) is 16.6 Å². The van der Waals surface area contributed by atoms with Crippen LogP contribution in [0, 0.1) is 25.6 Å². The Labute approximate surface area is 124 Å². The van der Waals surface area contributed by atoms with Gasteiger partial charge >= 0.3 is 0 Å². The maximum Gasteiger partial charge on any atom is 0.300 e. The number of halogens is 1. The number of anilines is 1. The molecule has 0 aliphatic heterocycles. The Morgan fingerprint density at radius 2 is 1.52 bits per heavy atom. The van der Waals surface area contributed by atoms with Crippen molar-refractivity contribution in [1.82, 2.24) is 0 Å². The third kappa shape index (κ3) is 9.17. The van der Waals surface area contributed by atoms with Crippen molar-refractivity contribution in [2.45, 2.75) is 0 Å². The van der Waals surface area contributed by atoms with Crippen LogP contribution in [-0.2, 0) is 10.4 Å². The molecule has 0 heterocycles. The smallest absolute Gasteiger partial charge is 0.300 e. The number of nitrogen functional groups attached to an aromatic ring is 1. The summed E-state index contributed by atoms with van der Waals surface area (Å²) in [6, 6.07) is 1.93. The summed E-state index contributed by atoms with van der Waals surface area (Å²) < 4.78 is 34.2. The van der Waals surface area contributed by atoms with E-state index in [0.717, 1.165) is 12.1 Å². The summed E-state index contributed by atoms with van der Waals surface area (Å²) in [6.45, 7) is 0. The molecule has 0 spiro atoms. The van der Waals surface area contributed by atoms with Crippen LogP contribution in [0.25, 0.3) is 0 Å². The van der Waals surface area contributed by atoms with Crippen molar-refractivity contribution in [3.63, 3.8) is 0 Å². The number of nitrogens with one attached hydrogen (secondary N) is 1. The van der Waals surface area contributed by atoms with Crippen LogP contribution in [0.2, 0.25) is 0 Å². The third-order valence-corrected chi connectivity index (χ3v) is 2.16. The maximum atomic E-state index is 10.4. The molecule has 0 saturated carbocycles. The number of hydrogen-bond donors (Lipinski definition) is 2. The molecule has 116 valence electrons. The summed E-state index contributed by atoms with van der Waals surface area (Å²) in [5.41, 5.74) is 4.36. The first-order chi connectivity index (χ1) is 9.43. The van der Waals surface area contributed by atoms with E-state index in [0.29, 0.717) is 0 Å². The zero-order chi connectivity index (χ0) is 17.4. The molecular weight excluding hydrogens is 382 g/mol. The first-order valence-corrected chi connectivity index (χ1v) is 6.33. The van der Waals surface area contributed by atoms with Crippen LogP contribution >= 0.6 is 15.9 Å². The highest BCUT2D eigenvalue weighted by molar-refractivity contribution is 9.10. The highest BCUT2D eigenvalue weighted by Crippen LogP contribution is 2.33. The molecule has 1 aromatic rings. The van der Waals surface area contributed by atoms with Gasteiger partial charge in [-0.1, -0.05) is 0 Å². The molecule has 15 heteroatoms. The zero-order valence-electron chi connectivity index (χ0n) is 9.63. The largest absolute Gasteiger partial charge is 0.759 e. The van der Waals surface area contributed by atoms with Crippen LogP contribution < -0.4 is 11.1 Å². The Morgan fingerprint density at radius 3 is 1.81 bits per heavy atom. The monoisotopic (exact) mass is 386 g/mol. The van der Waals surface area contributed by atoms with Gasteiger partial charge in [-0.15, -0.1) is 0 Å². The minimum absolute atomic E-state index is 0.124. The topological polar surface area (TPSA) is 240 Å². The second-order valence-electron chi connectivity index (χ2n) is 2.78. The lowest BCUT2D eigenvalue weighted by Gasteiger charge is -2.06. The SMILES string of the molecule is N#[NH+].Nc1c(Br)cc([N+](=O)[O-])cc1[N+](=O)[O-].O=S(=O)([O-])[O-]. The van der Waals surface area contributed by atoms with Crippen LogP contribution in [0.4, 0.5) is 17.1 Å². The van der Waals surface area contributed by atoms with Crippen molar-refractivity contribution in [2.75, 3.05) is 5.73 Å². The van der Waals surface area contributed by atoms with E-state index in [9.17, 15) is 20.2 Å². The second kappa shape index (κ2) is 8.70. The fourth-order valence-corrected chi connectivity index (χ4v) is 1.28. The van der Waals surface area contributed by atoms with Gasteiger partial charge < -0.3 is 14.8 Å².